The van der Waals surface area contributed by atoms with Crippen LogP contribution >= 0.6 is 27.3 Å². The molecule has 0 bridgehead atoms. The van der Waals surface area contributed by atoms with Crippen LogP contribution in [-0.2, 0) is 11.3 Å². The Morgan fingerprint density at radius 1 is 1.47 bits per heavy atom. The number of nitrogens with two attached hydrogens (primary N) is 1. The van der Waals surface area contributed by atoms with E-state index in [0.29, 0.717) is 19.5 Å². The van der Waals surface area contributed by atoms with Crippen molar-refractivity contribution in [2.24, 2.45) is 5.73 Å². The van der Waals surface area contributed by atoms with Crippen molar-refractivity contribution in [2.75, 3.05) is 13.6 Å². The van der Waals surface area contributed by atoms with Crippen LogP contribution in [0.15, 0.2) is 15.2 Å². The minimum absolute atomic E-state index is 0.212. The number of halogens is 1. The standard InChI is InChI=1S/C12H19BrN2OS/c1-15(8-10-7-11(13)17-9-10)12(16)5-3-2-4-6-14/h7,9H,2-6,8,14H2,1H3. The Morgan fingerprint density at radius 2 is 2.24 bits per heavy atom. The molecule has 1 aromatic rings. The lowest BCUT2D eigenvalue weighted by molar-refractivity contribution is -0.130. The molecule has 2 N–H and O–H groups in total. The van der Waals surface area contributed by atoms with E-state index in [0.717, 1.165) is 23.0 Å². The van der Waals surface area contributed by atoms with Gasteiger partial charge < -0.3 is 10.6 Å². The van der Waals surface area contributed by atoms with Crippen molar-refractivity contribution in [3.63, 3.8) is 0 Å². The van der Waals surface area contributed by atoms with E-state index in [-0.39, 0.29) is 5.91 Å². The maximum absolute atomic E-state index is 11.8. The summed E-state index contributed by atoms with van der Waals surface area (Å²) < 4.78 is 1.11. The summed E-state index contributed by atoms with van der Waals surface area (Å²) >= 11 is 5.07. The van der Waals surface area contributed by atoms with Crippen LogP contribution in [0.4, 0.5) is 0 Å². The summed E-state index contributed by atoms with van der Waals surface area (Å²) in [6.07, 6.45) is 3.62. The average Bonchev–Trinajstić information content (AvgIpc) is 2.70. The van der Waals surface area contributed by atoms with Crippen LogP contribution in [0.25, 0.3) is 0 Å². The van der Waals surface area contributed by atoms with Gasteiger partial charge in [0, 0.05) is 20.0 Å². The summed E-state index contributed by atoms with van der Waals surface area (Å²) in [7, 11) is 1.86. The fourth-order valence-electron chi connectivity index (χ4n) is 1.58. The first-order valence-electron chi connectivity index (χ1n) is 5.80. The SMILES string of the molecule is CN(Cc1csc(Br)c1)C(=O)CCCCCN. The van der Waals surface area contributed by atoms with Crippen LogP contribution in [0.3, 0.4) is 0 Å². The Labute approximate surface area is 115 Å². The van der Waals surface area contributed by atoms with Crippen molar-refractivity contribution in [3.8, 4) is 0 Å². The predicted octanol–water partition coefficient (Wildman–Crippen LogP) is 2.99. The number of hydrogen-bond acceptors (Lipinski definition) is 3. The van der Waals surface area contributed by atoms with Crippen LogP contribution in [0, 0.1) is 0 Å². The van der Waals surface area contributed by atoms with E-state index in [1.54, 1.807) is 16.2 Å². The number of amides is 1. The summed E-state index contributed by atoms with van der Waals surface area (Å²) in [5.41, 5.74) is 6.59. The third kappa shape index (κ3) is 5.66. The average molecular weight is 319 g/mol. The number of rotatable bonds is 7. The molecule has 0 aliphatic rings. The molecule has 96 valence electrons. The lowest BCUT2D eigenvalue weighted by atomic mass is 10.2. The Morgan fingerprint density at radius 3 is 2.82 bits per heavy atom. The molecule has 1 rings (SSSR count). The molecule has 0 aliphatic carbocycles. The van der Waals surface area contributed by atoms with Gasteiger partial charge in [-0.2, -0.15) is 0 Å². The van der Waals surface area contributed by atoms with Gasteiger partial charge in [0.1, 0.15) is 0 Å². The largest absolute Gasteiger partial charge is 0.341 e. The van der Waals surface area contributed by atoms with Crippen molar-refractivity contribution < 1.29 is 4.79 Å². The second-order valence-electron chi connectivity index (χ2n) is 4.11. The van der Waals surface area contributed by atoms with Crippen molar-refractivity contribution in [3.05, 3.63) is 20.8 Å². The van der Waals surface area contributed by atoms with Gasteiger partial charge in [0.05, 0.1) is 3.79 Å². The van der Waals surface area contributed by atoms with Crippen LogP contribution in [-0.4, -0.2) is 24.4 Å². The van der Waals surface area contributed by atoms with Crippen LogP contribution < -0.4 is 5.73 Å². The molecule has 0 unspecified atom stereocenters. The number of nitrogens with zero attached hydrogens (tertiary/aromatic N) is 1. The maximum Gasteiger partial charge on any atom is 0.222 e. The molecule has 0 atom stereocenters. The van der Waals surface area contributed by atoms with Gasteiger partial charge in [-0.05, 0) is 52.3 Å². The zero-order valence-corrected chi connectivity index (χ0v) is 12.5. The molecule has 0 spiro atoms. The molecule has 17 heavy (non-hydrogen) atoms. The van der Waals surface area contributed by atoms with Crippen LogP contribution in [0.5, 0.6) is 0 Å². The highest BCUT2D eigenvalue weighted by Gasteiger charge is 2.09. The first-order valence-corrected chi connectivity index (χ1v) is 7.47. The number of unbranched alkanes of at least 4 members (excludes halogenated alkanes) is 2. The summed E-state index contributed by atoms with van der Waals surface area (Å²) in [5.74, 6) is 0.212. The third-order valence-electron chi connectivity index (χ3n) is 2.56. The summed E-state index contributed by atoms with van der Waals surface area (Å²) in [6, 6.07) is 2.06. The van der Waals surface area contributed by atoms with Gasteiger partial charge in [0.2, 0.25) is 5.91 Å². The molecule has 0 radical (unpaired) electrons. The molecule has 0 aromatic carbocycles. The zero-order chi connectivity index (χ0) is 12.7. The Bertz CT molecular complexity index is 354. The van der Waals surface area contributed by atoms with Crippen molar-refractivity contribution in [1.82, 2.24) is 4.90 Å². The fourth-order valence-corrected chi connectivity index (χ4v) is 2.78. The van der Waals surface area contributed by atoms with Gasteiger partial charge in [0.15, 0.2) is 0 Å². The summed E-state index contributed by atoms with van der Waals surface area (Å²) in [4.78, 5) is 13.6. The zero-order valence-electron chi connectivity index (χ0n) is 10.1. The highest BCUT2D eigenvalue weighted by molar-refractivity contribution is 9.11. The lowest BCUT2D eigenvalue weighted by Gasteiger charge is -2.16. The molecule has 3 nitrogen and oxygen atoms in total. The van der Waals surface area contributed by atoms with Gasteiger partial charge in [-0.15, -0.1) is 11.3 Å². The van der Waals surface area contributed by atoms with E-state index < -0.39 is 0 Å². The molecule has 0 saturated heterocycles. The molecule has 0 aliphatic heterocycles. The Balaban J connectivity index is 2.27. The number of carbonyl (C=O) groups excluding carboxylic acids is 1. The second kappa shape index (κ2) is 7.84. The molecule has 1 aromatic heterocycles. The van der Waals surface area contributed by atoms with Gasteiger partial charge in [-0.25, -0.2) is 0 Å². The highest BCUT2D eigenvalue weighted by Crippen LogP contribution is 2.21. The first kappa shape index (κ1) is 14.7. The minimum Gasteiger partial charge on any atom is -0.341 e. The molecule has 1 amide bonds. The van der Waals surface area contributed by atoms with Crippen molar-refractivity contribution in [1.29, 1.82) is 0 Å². The molecule has 0 saturated carbocycles. The topological polar surface area (TPSA) is 46.3 Å². The smallest absolute Gasteiger partial charge is 0.222 e. The second-order valence-corrected chi connectivity index (χ2v) is 6.40. The van der Waals surface area contributed by atoms with E-state index in [1.807, 2.05) is 7.05 Å². The van der Waals surface area contributed by atoms with Gasteiger partial charge >= 0.3 is 0 Å². The monoisotopic (exact) mass is 318 g/mol. The number of thiophene rings is 1. The third-order valence-corrected chi connectivity index (χ3v) is 4.12. The maximum atomic E-state index is 11.8. The molecule has 1 heterocycles. The first-order chi connectivity index (χ1) is 8.13. The van der Waals surface area contributed by atoms with Crippen LogP contribution in [0.2, 0.25) is 0 Å². The number of carbonyl (C=O) groups is 1. The Kier molecular flexibility index (Phi) is 6.77. The van der Waals surface area contributed by atoms with E-state index in [2.05, 4.69) is 27.4 Å². The van der Waals surface area contributed by atoms with Gasteiger partial charge in [0.25, 0.3) is 0 Å². The number of hydrogen-bond donors (Lipinski definition) is 1. The molecule has 5 heteroatoms. The Hall–Kier alpha value is -0.390. The predicted molar refractivity (Wildman–Crippen MR) is 76.0 cm³/mol. The van der Waals surface area contributed by atoms with E-state index in [4.69, 9.17) is 5.73 Å². The molecular formula is C12H19BrN2OS. The summed E-state index contributed by atoms with van der Waals surface area (Å²) in [6.45, 7) is 1.41. The van der Waals surface area contributed by atoms with E-state index in [9.17, 15) is 4.79 Å². The van der Waals surface area contributed by atoms with Crippen molar-refractivity contribution >= 4 is 33.2 Å². The van der Waals surface area contributed by atoms with Gasteiger partial charge in [-0.1, -0.05) is 6.42 Å². The van der Waals surface area contributed by atoms with Crippen molar-refractivity contribution in [2.45, 2.75) is 32.2 Å². The lowest BCUT2D eigenvalue weighted by Crippen LogP contribution is -2.25. The fraction of sp³-hybridized carbons (Fsp3) is 0.583. The van der Waals surface area contributed by atoms with E-state index in [1.165, 1.54) is 5.56 Å². The van der Waals surface area contributed by atoms with Gasteiger partial charge in [-0.3, -0.25) is 4.79 Å². The minimum atomic E-state index is 0.212. The van der Waals surface area contributed by atoms with E-state index >= 15 is 0 Å². The quantitative estimate of drug-likeness (QED) is 0.785. The highest BCUT2D eigenvalue weighted by atomic mass is 79.9. The molecule has 0 fully saturated rings. The normalized spacial score (nSPS) is 10.5. The summed E-state index contributed by atoms with van der Waals surface area (Å²) in [5, 5.41) is 2.07. The van der Waals surface area contributed by atoms with Crippen LogP contribution in [0.1, 0.15) is 31.2 Å². The molecular weight excluding hydrogens is 300 g/mol.